The molecule has 1 aromatic heterocycles. The van der Waals surface area contributed by atoms with Crippen LogP contribution >= 0.6 is 0 Å². The predicted molar refractivity (Wildman–Crippen MR) is 57.5 cm³/mol. The fourth-order valence-electron chi connectivity index (χ4n) is 1.40. The summed E-state index contributed by atoms with van der Waals surface area (Å²) in [7, 11) is -3.87. The number of sulfonamides is 1. The number of hydrogen-bond acceptors (Lipinski definition) is 4. The average Bonchev–Trinajstić information content (AvgIpc) is 2.61. The molecule has 0 saturated heterocycles. The van der Waals surface area contributed by atoms with Crippen LogP contribution in [0.25, 0.3) is 5.69 Å². The molecule has 7 heteroatoms. The Labute approximate surface area is 92.8 Å². The van der Waals surface area contributed by atoms with Crippen molar-refractivity contribution in [3.05, 3.63) is 36.2 Å². The van der Waals surface area contributed by atoms with Crippen LogP contribution < -0.4 is 5.14 Å². The van der Waals surface area contributed by atoms with Crippen LogP contribution in [0.1, 0.15) is 5.82 Å². The number of benzene rings is 1. The summed E-state index contributed by atoms with van der Waals surface area (Å²) in [6.45, 7) is 1.66. The van der Waals surface area contributed by atoms with Gasteiger partial charge in [-0.05, 0) is 19.1 Å². The Hall–Kier alpha value is -1.73. The Balaban J connectivity index is 2.71. The molecular weight excluding hydrogens is 228 g/mol. The molecule has 16 heavy (non-hydrogen) atoms. The third-order valence-electron chi connectivity index (χ3n) is 2.06. The van der Waals surface area contributed by atoms with E-state index in [1.165, 1.54) is 4.57 Å². The second-order valence-electron chi connectivity index (χ2n) is 3.25. The summed E-state index contributed by atoms with van der Waals surface area (Å²) >= 11 is 0. The molecule has 0 aliphatic heterocycles. The lowest BCUT2D eigenvalue weighted by Crippen LogP contribution is -2.18. The summed E-state index contributed by atoms with van der Waals surface area (Å²) in [5.74, 6) is 0.468. The Bertz CT molecular complexity index is 604. The van der Waals surface area contributed by atoms with Crippen molar-refractivity contribution in [2.75, 3.05) is 0 Å². The number of nitrogens with zero attached hydrogens (tertiary/aromatic N) is 3. The van der Waals surface area contributed by atoms with E-state index in [-0.39, 0.29) is 5.16 Å². The summed E-state index contributed by atoms with van der Waals surface area (Å²) < 4.78 is 24.0. The van der Waals surface area contributed by atoms with E-state index < -0.39 is 10.0 Å². The molecule has 0 aliphatic carbocycles. The number of nitrogens with two attached hydrogens (primary N) is 1. The van der Waals surface area contributed by atoms with Gasteiger partial charge in [0.1, 0.15) is 5.82 Å². The van der Waals surface area contributed by atoms with Crippen molar-refractivity contribution in [3.8, 4) is 5.69 Å². The Morgan fingerprint density at radius 3 is 2.38 bits per heavy atom. The standard InChI is InChI=1S/C9H10N4O2S/c1-7-11-12-9(16(10,14)15)13(7)8-5-3-2-4-6-8/h2-6H,1H3,(H2,10,14,15). The Morgan fingerprint density at radius 1 is 1.19 bits per heavy atom. The number of aromatic nitrogens is 3. The summed E-state index contributed by atoms with van der Waals surface area (Å²) in [5.41, 5.74) is 0.661. The molecule has 2 aromatic rings. The van der Waals surface area contributed by atoms with Crippen LogP contribution in [0, 0.1) is 6.92 Å². The smallest absolute Gasteiger partial charge is 0.269 e. The zero-order chi connectivity index (χ0) is 11.8. The van der Waals surface area contributed by atoms with Gasteiger partial charge in [0.25, 0.3) is 15.2 Å². The number of aryl methyl sites for hydroxylation is 1. The average molecular weight is 238 g/mol. The van der Waals surface area contributed by atoms with Gasteiger partial charge >= 0.3 is 0 Å². The van der Waals surface area contributed by atoms with Crippen molar-refractivity contribution in [2.45, 2.75) is 12.1 Å². The first-order chi connectivity index (χ1) is 7.50. The van der Waals surface area contributed by atoms with Gasteiger partial charge in [0.05, 0.1) is 0 Å². The van der Waals surface area contributed by atoms with Crippen LogP contribution in [-0.4, -0.2) is 23.2 Å². The molecule has 0 aliphatic rings. The van der Waals surface area contributed by atoms with Crippen LogP contribution in [0.15, 0.2) is 35.5 Å². The fraction of sp³-hybridized carbons (Fsp3) is 0.111. The molecule has 1 heterocycles. The van der Waals surface area contributed by atoms with Crippen molar-refractivity contribution < 1.29 is 8.42 Å². The van der Waals surface area contributed by atoms with Crippen molar-refractivity contribution in [3.63, 3.8) is 0 Å². The van der Waals surface area contributed by atoms with Gasteiger partial charge in [-0.2, -0.15) is 0 Å². The molecule has 0 spiro atoms. The fourth-order valence-corrected chi connectivity index (χ4v) is 2.05. The van der Waals surface area contributed by atoms with E-state index >= 15 is 0 Å². The van der Waals surface area contributed by atoms with Gasteiger partial charge in [0.15, 0.2) is 0 Å². The zero-order valence-electron chi connectivity index (χ0n) is 8.53. The van der Waals surface area contributed by atoms with Gasteiger partial charge in [-0.1, -0.05) is 18.2 Å². The molecule has 2 rings (SSSR count). The third-order valence-corrected chi connectivity index (χ3v) is 2.84. The van der Waals surface area contributed by atoms with E-state index in [0.29, 0.717) is 11.5 Å². The van der Waals surface area contributed by atoms with Crippen LogP contribution in [0.3, 0.4) is 0 Å². The van der Waals surface area contributed by atoms with E-state index in [1.807, 2.05) is 6.07 Å². The maximum absolute atomic E-state index is 11.3. The van der Waals surface area contributed by atoms with Crippen LogP contribution in [0.4, 0.5) is 0 Å². The van der Waals surface area contributed by atoms with E-state index in [9.17, 15) is 8.42 Å². The first kappa shape index (κ1) is 10.8. The molecule has 0 radical (unpaired) electrons. The van der Waals surface area contributed by atoms with Crippen LogP contribution in [0.2, 0.25) is 0 Å². The molecule has 1 aromatic carbocycles. The molecule has 0 bridgehead atoms. The number of primary sulfonamides is 1. The molecule has 6 nitrogen and oxygen atoms in total. The SMILES string of the molecule is Cc1nnc(S(N)(=O)=O)n1-c1ccccc1. The lowest BCUT2D eigenvalue weighted by Gasteiger charge is -2.06. The first-order valence-electron chi connectivity index (χ1n) is 4.50. The van der Waals surface area contributed by atoms with Crippen LogP contribution in [-0.2, 0) is 10.0 Å². The Morgan fingerprint density at radius 2 is 1.81 bits per heavy atom. The zero-order valence-corrected chi connectivity index (χ0v) is 9.35. The molecule has 0 saturated carbocycles. The van der Waals surface area contributed by atoms with Gasteiger partial charge in [0, 0.05) is 5.69 Å². The van der Waals surface area contributed by atoms with Crippen molar-refractivity contribution >= 4 is 10.0 Å². The van der Waals surface area contributed by atoms with E-state index in [2.05, 4.69) is 10.2 Å². The van der Waals surface area contributed by atoms with Gasteiger partial charge in [-0.15, -0.1) is 10.2 Å². The predicted octanol–water partition coefficient (Wildman–Crippen LogP) is 0.223. The summed E-state index contributed by atoms with van der Waals surface area (Å²) in [4.78, 5) is 0. The largest absolute Gasteiger partial charge is 0.274 e. The summed E-state index contributed by atoms with van der Waals surface area (Å²) in [6.07, 6.45) is 0. The van der Waals surface area contributed by atoms with Crippen molar-refractivity contribution in [1.29, 1.82) is 0 Å². The maximum atomic E-state index is 11.3. The molecule has 0 atom stereocenters. The van der Waals surface area contributed by atoms with Gasteiger partial charge in [-0.25, -0.2) is 13.6 Å². The van der Waals surface area contributed by atoms with Gasteiger partial charge in [0.2, 0.25) is 0 Å². The highest BCUT2D eigenvalue weighted by Crippen LogP contribution is 2.14. The van der Waals surface area contributed by atoms with E-state index in [1.54, 1.807) is 31.2 Å². The van der Waals surface area contributed by atoms with Gasteiger partial charge in [-0.3, -0.25) is 4.57 Å². The topological polar surface area (TPSA) is 90.9 Å². The molecule has 2 N–H and O–H groups in total. The minimum atomic E-state index is -3.87. The molecule has 0 fully saturated rings. The maximum Gasteiger partial charge on any atom is 0.274 e. The van der Waals surface area contributed by atoms with Crippen molar-refractivity contribution in [2.24, 2.45) is 5.14 Å². The third kappa shape index (κ3) is 1.82. The molecule has 0 amide bonds. The highest BCUT2D eigenvalue weighted by Gasteiger charge is 2.20. The Kier molecular flexibility index (Phi) is 2.49. The number of para-hydroxylation sites is 1. The van der Waals surface area contributed by atoms with Gasteiger partial charge < -0.3 is 0 Å². The minimum absolute atomic E-state index is 0.254. The molecule has 84 valence electrons. The quantitative estimate of drug-likeness (QED) is 0.810. The highest BCUT2D eigenvalue weighted by atomic mass is 32.2. The second-order valence-corrected chi connectivity index (χ2v) is 4.70. The summed E-state index contributed by atoms with van der Waals surface area (Å²) in [6, 6.07) is 8.93. The normalized spacial score (nSPS) is 11.6. The first-order valence-corrected chi connectivity index (χ1v) is 6.05. The highest BCUT2D eigenvalue weighted by molar-refractivity contribution is 7.89. The molecular formula is C9H10N4O2S. The minimum Gasteiger partial charge on any atom is -0.269 e. The lowest BCUT2D eigenvalue weighted by molar-refractivity contribution is 0.584. The number of rotatable bonds is 2. The van der Waals surface area contributed by atoms with E-state index in [4.69, 9.17) is 5.14 Å². The van der Waals surface area contributed by atoms with Crippen molar-refractivity contribution in [1.82, 2.24) is 14.8 Å². The molecule has 0 unspecified atom stereocenters. The second kappa shape index (κ2) is 3.69. The monoisotopic (exact) mass is 238 g/mol. The summed E-state index contributed by atoms with van der Waals surface area (Å²) in [5, 5.41) is 12.1. The van der Waals surface area contributed by atoms with Crippen LogP contribution in [0.5, 0.6) is 0 Å². The van der Waals surface area contributed by atoms with E-state index in [0.717, 1.165) is 0 Å². The number of hydrogen-bond donors (Lipinski definition) is 1. The lowest BCUT2D eigenvalue weighted by atomic mass is 10.3.